The van der Waals surface area contributed by atoms with Crippen LogP contribution in [0.25, 0.3) is 0 Å². The van der Waals surface area contributed by atoms with Gasteiger partial charge in [-0.3, -0.25) is 9.78 Å². The van der Waals surface area contributed by atoms with E-state index in [1.165, 1.54) is 24.4 Å². The van der Waals surface area contributed by atoms with Gasteiger partial charge in [0, 0.05) is 30.7 Å². The summed E-state index contributed by atoms with van der Waals surface area (Å²) in [5, 5.41) is 2.95. The van der Waals surface area contributed by atoms with Gasteiger partial charge >= 0.3 is 6.18 Å². The van der Waals surface area contributed by atoms with Crippen LogP contribution in [0.2, 0.25) is 0 Å². The zero-order valence-electron chi connectivity index (χ0n) is 13.4. The molecule has 132 valence electrons. The number of pyridine rings is 1. The fourth-order valence-corrected chi connectivity index (χ4v) is 2.24. The van der Waals surface area contributed by atoms with Gasteiger partial charge in [0.05, 0.1) is 5.56 Å². The molecule has 5 nitrogen and oxygen atoms in total. The molecule has 0 radical (unpaired) electrons. The molecule has 0 bridgehead atoms. The number of benzene rings is 1. The normalized spacial score (nSPS) is 11.2. The van der Waals surface area contributed by atoms with Crippen LogP contribution in [-0.2, 0) is 12.7 Å². The van der Waals surface area contributed by atoms with Crippen molar-refractivity contribution in [3.63, 3.8) is 0 Å². The third-order valence-corrected chi connectivity index (χ3v) is 3.51. The van der Waals surface area contributed by atoms with Crippen LogP contribution in [0.3, 0.4) is 0 Å². The Balaban J connectivity index is 1.78. The number of rotatable bonds is 5. The first kappa shape index (κ1) is 17.5. The standard InChI is InChI=1S/C18H13F3N4O/c19-18(20,21)14-5-1-4-13(9-14)16(26)15-6-8-23-17(25-15)24-11-12-3-2-7-22-10-12/h1-10H,11H2,(H,23,24,25). The molecule has 0 spiro atoms. The van der Waals surface area contributed by atoms with Crippen LogP contribution in [-0.4, -0.2) is 20.7 Å². The molecule has 3 aromatic rings. The molecule has 1 aromatic carbocycles. The molecule has 0 aliphatic carbocycles. The Morgan fingerprint density at radius 3 is 2.65 bits per heavy atom. The fourth-order valence-electron chi connectivity index (χ4n) is 2.24. The molecule has 0 aliphatic rings. The summed E-state index contributed by atoms with van der Waals surface area (Å²) < 4.78 is 38.4. The second-order valence-corrected chi connectivity index (χ2v) is 5.39. The van der Waals surface area contributed by atoms with Crippen molar-refractivity contribution in [2.75, 3.05) is 5.32 Å². The number of alkyl halides is 3. The van der Waals surface area contributed by atoms with E-state index in [9.17, 15) is 18.0 Å². The Morgan fingerprint density at radius 1 is 1.08 bits per heavy atom. The van der Waals surface area contributed by atoms with Gasteiger partial charge < -0.3 is 5.32 Å². The molecule has 0 amide bonds. The maximum Gasteiger partial charge on any atom is 0.416 e. The van der Waals surface area contributed by atoms with E-state index in [0.717, 1.165) is 17.7 Å². The number of anilines is 1. The minimum atomic E-state index is -4.52. The molecule has 1 N–H and O–H groups in total. The highest BCUT2D eigenvalue weighted by atomic mass is 19.4. The molecular formula is C18H13F3N4O. The SMILES string of the molecule is O=C(c1cccc(C(F)(F)F)c1)c1ccnc(NCc2cccnc2)n1. The number of ketones is 1. The van der Waals surface area contributed by atoms with E-state index in [0.29, 0.717) is 6.54 Å². The molecule has 2 heterocycles. The molecule has 0 saturated heterocycles. The van der Waals surface area contributed by atoms with E-state index in [2.05, 4.69) is 20.3 Å². The van der Waals surface area contributed by atoms with Crippen LogP contribution in [0.1, 0.15) is 27.2 Å². The van der Waals surface area contributed by atoms with Crippen molar-refractivity contribution in [3.05, 3.63) is 83.4 Å². The predicted octanol–water partition coefficient (Wildman–Crippen LogP) is 3.73. The number of nitrogens with zero attached hydrogens (tertiary/aromatic N) is 3. The highest BCUT2D eigenvalue weighted by Crippen LogP contribution is 2.29. The van der Waals surface area contributed by atoms with Gasteiger partial charge in [-0.2, -0.15) is 13.2 Å². The van der Waals surface area contributed by atoms with Gasteiger partial charge in [0.25, 0.3) is 0 Å². The lowest BCUT2D eigenvalue weighted by Gasteiger charge is -2.09. The zero-order chi connectivity index (χ0) is 18.6. The van der Waals surface area contributed by atoms with Crippen LogP contribution < -0.4 is 5.32 Å². The summed E-state index contributed by atoms with van der Waals surface area (Å²) in [6, 6.07) is 9.24. The number of carbonyl (C=O) groups is 1. The van der Waals surface area contributed by atoms with Crippen molar-refractivity contribution in [1.29, 1.82) is 0 Å². The van der Waals surface area contributed by atoms with Gasteiger partial charge in [-0.1, -0.05) is 18.2 Å². The van der Waals surface area contributed by atoms with E-state index in [1.807, 2.05) is 6.07 Å². The van der Waals surface area contributed by atoms with E-state index < -0.39 is 17.5 Å². The third-order valence-electron chi connectivity index (χ3n) is 3.51. The minimum Gasteiger partial charge on any atom is -0.350 e. The summed E-state index contributed by atoms with van der Waals surface area (Å²) in [4.78, 5) is 24.5. The quantitative estimate of drug-likeness (QED) is 0.704. The second kappa shape index (κ2) is 7.30. The third kappa shape index (κ3) is 4.21. The largest absolute Gasteiger partial charge is 0.416 e. The summed E-state index contributed by atoms with van der Waals surface area (Å²) in [6.07, 6.45) is 0.177. The van der Waals surface area contributed by atoms with E-state index in [4.69, 9.17) is 0 Å². The van der Waals surface area contributed by atoms with E-state index >= 15 is 0 Å². The number of carbonyl (C=O) groups excluding carboxylic acids is 1. The summed E-state index contributed by atoms with van der Waals surface area (Å²) in [6.45, 7) is 0.398. The lowest BCUT2D eigenvalue weighted by Crippen LogP contribution is -2.11. The van der Waals surface area contributed by atoms with Gasteiger partial charge in [-0.15, -0.1) is 0 Å². The molecule has 3 rings (SSSR count). The van der Waals surface area contributed by atoms with Crippen molar-refractivity contribution in [2.24, 2.45) is 0 Å². The topological polar surface area (TPSA) is 67.8 Å². The Hall–Kier alpha value is -3.29. The Bertz CT molecular complexity index is 914. The van der Waals surface area contributed by atoms with Crippen LogP contribution >= 0.6 is 0 Å². The van der Waals surface area contributed by atoms with Gasteiger partial charge in [-0.25, -0.2) is 9.97 Å². The monoisotopic (exact) mass is 358 g/mol. The van der Waals surface area contributed by atoms with Crippen LogP contribution in [0, 0.1) is 0 Å². The number of hydrogen-bond acceptors (Lipinski definition) is 5. The molecule has 0 aliphatic heterocycles. The van der Waals surface area contributed by atoms with Crippen molar-refractivity contribution in [2.45, 2.75) is 12.7 Å². The highest BCUT2D eigenvalue weighted by molar-refractivity contribution is 6.07. The summed E-state index contributed by atoms with van der Waals surface area (Å²) in [7, 11) is 0. The zero-order valence-corrected chi connectivity index (χ0v) is 13.4. The smallest absolute Gasteiger partial charge is 0.350 e. The second-order valence-electron chi connectivity index (χ2n) is 5.39. The lowest BCUT2D eigenvalue weighted by molar-refractivity contribution is -0.137. The first-order chi connectivity index (χ1) is 12.4. The number of nitrogens with one attached hydrogen (secondary N) is 1. The number of aromatic nitrogens is 3. The van der Waals surface area contributed by atoms with Crippen molar-refractivity contribution in [3.8, 4) is 0 Å². The molecule has 26 heavy (non-hydrogen) atoms. The number of hydrogen-bond donors (Lipinski definition) is 1. The van der Waals surface area contributed by atoms with Crippen LogP contribution in [0.4, 0.5) is 19.1 Å². The Morgan fingerprint density at radius 2 is 1.92 bits per heavy atom. The Labute approximate surface area is 147 Å². The summed E-state index contributed by atoms with van der Waals surface area (Å²) in [5.41, 5.74) is -0.0669. The van der Waals surface area contributed by atoms with Gasteiger partial charge in [-0.05, 0) is 29.8 Å². The predicted molar refractivity (Wildman–Crippen MR) is 88.5 cm³/mol. The van der Waals surface area contributed by atoms with Crippen LogP contribution in [0.5, 0.6) is 0 Å². The van der Waals surface area contributed by atoms with E-state index in [1.54, 1.807) is 18.5 Å². The van der Waals surface area contributed by atoms with Crippen LogP contribution in [0.15, 0.2) is 61.1 Å². The maximum atomic E-state index is 12.8. The summed E-state index contributed by atoms with van der Waals surface area (Å²) in [5.74, 6) is -0.408. The minimum absolute atomic E-state index is 0.00742. The first-order valence-corrected chi connectivity index (χ1v) is 7.61. The van der Waals surface area contributed by atoms with E-state index in [-0.39, 0.29) is 17.2 Å². The molecule has 8 heteroatoms. The average molecular weight is 358 g/mol. The summed E-state index contributed by atoms with van der Waals surface area (Å²) >= 11 is 0. The molecule has 0 fully saturated rings. The van der Waals surface area contributed by atoms with Gasteiger partial charge in [0.2, 0.25) is 11.7 Å². The molecular weight excluding hydrogens is 345 g/mol. The molecule has 0 atom stereocenters. The maximum absolute atomic E-state index is 12.8. The fraction of sp³-hybridized carbons (Fsp3) is 0.111. The molecule has 0 unspecified atom stereocenters. The molecule has 2 aromatic heterocycles. The lowest BCUT2D eigenvalue weighted by atomic mass is 10.0. The number of halogens is 3. The van der Waals surface area contributed by atoms with Crippen molar-refractivity contribution >= 4 is 11.7 Å². The average Bonchev–Trinajstić information content (AvgIpc) is 2.66. The Kier molecular flexibility index (Phi) is 4.92. The highest BCUT2D eigenvalue weighted by Gasteiger charge is 2.31. The van der Waals surface area contributed by atoms with Crippen molar-refractivity contribution in [1.82, 2.24) is 15.0 Å². The van der Waals surface area contributed by atoms with Gasteiger partial charge in [0.1, 0.15) is 5.69 Å². The first-order valence-electron chi connectivity index (χ1n) is 7.61. The molecule has 0 saturated carbocycles. The van der Waals surface area contributed by atoms with Gasteiger partial charge in [0.15, 0.2) is 0 Å². The van der Waals surface area contributed by atoms with Crippen molar-refractivity contribution < 1.29 is 18.0 Å².